The lowest BCUT2D eigenvalue weighted by Crippen LogP contribution is -2.43. The Morgan fingerprint density at radius 2 is 1.86 bits per heavy atom. The Hall–Kier alpha value is -2.04. The Bertz CT molecular complexity index is 550. The van der Waals surface area contributed by atoms with E-state index in [1.165, 1.54) is 4.90 Å². The first-order valence-corrected chi connectivity index (χ1v) is 7.22. The van der Waals surface area contributed by atoms with Gasteiger partial charge in [-0.2, -0.15) is 0 Å². The van der Waals surface area contributed by atoms with Crippen LogP contribution in [0.1, 0.15) is 31.4 Å². The number of nitrogens with one attached hydrogen (secondary N) is 1. The predicted molar refractivity (Wildman–Crippen MR) is 80.4 cm³/mol. The molecule has 0 aromatic heterocycles. The highest BCUT2D eigenvalue weighted by molar-refractivity contribution is 6.06. The molecule has 1 aromatic rings. The summed E-state index contributed by atoms with van der Waals surface area (Å²) in [6.45, 7) is 8.14. The molecule has 114 valence electrons. The minimum atomic E-state index is -0.782. The van der Waals surface area contributed by atoms with Gasteiger partial charge in [0.2, 0.25) is 0 Å². The number of hydrogen-bond acceptors (Lipinski definition) is 3. The van der Waals surface area contributed by atoms with Gasteiger partial charge in [0, 0.05) is 0 Å². The van der Waals surface area contributed by atoms with Crippen molar-refractivity contribution in [2.75, 3.05) is 13.2 Å². The molecule has 0 unspecified atom stereocenters. The number of imide groups is 1. The van der Waals surface area contributed by atoms with Crippen molar-refractivity contribution in [3.63, 3.8) is 0 Å². The van der Waals surface area contributed by atoms with Gasteiger partial charge in [0.05, 0.1) is 6.54 Å². The van der Waals surface area contributed by atoms with Crippen molar-refractivity contribution in [2.24, 2.45) is 0 Å². The van der Waals surface area contributed by atoms with Crippen LogP contribution < -0.4 is 10.1 Å². The zero-order valence-corrected chi connectivity index (χ0v) is 13.0. The summed E-state index contributed by atoms with van der Waals surface area (Å²) in [5.41, 5.74) is 1.31. The van der Waals surface area contributed by atoms with Crippen LogP contribution in [-0.2, 0) is 4.79 Å². The first-order chi connectivity index (χ1) is 9.89. The third kappa shape index (κ3) is 2.86. The minimum absolute atomic E-state index is 0.180. The molecule has 1 aliphatic rings. The van der Waals surface area contributed by atoms with Gasteiger partial charge in [0.25, 0.3) is 5.91 Å². The topological polar surface area (TPSA) is 58.6 Å². The Morgan fingerprint density at radius 3 is 2.38 bits per heavy atom. The largest absolute Gasteiger partial charge is 0.491 e. The Labute approximate surface area is 125 Å². The van der Waals surface area contributed by atoms with Crippen molar-refractivity contribution in [1.29, 1.82) is 0 Å². The molecule has 0 radical (unpaired) electrons. The van der Waals surface area contributed by atoms with Crippen LogP contribution in [0.4, 0.5) is 4.79 Å². The van der Waals surface area contributed by atoms with Crippen LogP contribution in [0.15, 0.2) is 18.2 Å². The highest BCUT2D eigenvalue weighted by atomic mass is 16.5. The van der Waals surface area contributed by atoms with E-state index in [1.807, 2.05) is 39.0 Å². The molecular weight excluding hydrogens is 268 g/mol. The van der Waals surface area contributed by atoms with Gasteiger partial charge >= 0.3 is 6.03 Å². The molecule has 1 atom stereocenters. The van der Waals surface area contributed by atoms with E-state index in [0.29, 0.717) is 13.0 Å². The van der Waals surface area contributed by atoms with Crippen LogP contribution in [0.3, 0.4) is 0 Å². The van der Waals surface area contributed by atoms with Gasteiger partial charge < -0.3 is 10.1 Å². The molecule has 5 nitrogen and oxygen atoms in total. The second-order valence-corrected chi connectivity index (χ2v) is 5.64. The smallest absolute Gasteiger partial charge is 0.325 e. The fraction of sp³-hybridized carbons (Fsp3) is 0.500. The molecule has 2 rings (SSSR count). The maximum Gasteiger partial charge on any atom is 0.325 e. The highest BCUT2D eigenvalue weighted by Gasteiger charge is 2.46. The number of amides is 3. The number of para-hydroxylation sites is 1. The van der Waals surface area contributed by atoms with E-state index >= 15 is 0 Å². The maximum atomic E-state index is 12.2. The fourth-order valence-electron chi connectivity index (χ4n) is 2.46. The molecule has 1 heterocycles. The van der Waals surface area contributed by atoms with E-state index in [0.717, 1.165) is 16.9 Å². The van der Waals surface area contributed by atoms with Crippen LogP contribution in [0.2, 0.25) is 0 Å². The van der Waals surface area contributed by atoms with Crippen LogP contribution >= 0.6 is 0 Å². The molecule has 21 heavy (non-hydrogen) atoms. The Morgan fingerprint density at radius 1 is 1.24 bits per heavy atom. The first-order valence-electron chi connectivity index (χ1n) is 7.22. The average Bonchev–Trinajstić information content (AvgIpc) is 2.65. The van der Waals surface area contributed by atoms with Crippen LogP contribution in [-0.4, -0.2) is 35.5 Å². The zero-order valence-electron chi connectivity index (χ0n) is 13.0. The molecule has 5 heteroatoms. The van der Waals surface area contributed by atoms with Crippen molar-refractivity contribution >= 4 is 11.9 Å². The molecule has 0 saturated carbocycles. The lowest BCUT2D eigenvalue weighted by atomic mass is 9.99. The van der Waals surface area contributed by atoms with E-state index in [9.17, 15) is 9.59 Å². The van der Waals surface area contributed by atoms with Crippen molar-refractivity contribution in [1.82, 2.24) is 10.2 Å². The SMILES string of the molecule is CC[C@@]1(C)NC(=O)N(CCOc2c(C)cccc2C)C1=O. The number of hydrogen-bond donors (Lipinski definition) is 1. The van der Waals surface area contributed by atoms with Crippen molar-refractivity contribution in [3.8, 4) is 5.75 Å². The lowest BCUT2D eigenvalue weighted by Gasteiger charge is -2.19. The molecular formula is C16H22N2O3. The molecule has 0 aliphatic carbocycles. The van der Waals surface area contributed by atoms with Crippen LogP contribution in [0.5, 0.6) is 5.75 Å². The quantitative estimate of drug-likeness (QED) is 0.847. The van der Waals surface area contributed by atoms with Gasteiger partial charge in [0.1, 0.15) is 17.9 Å². The third-order valence-electron chi connectivity index (χ3n) is 4.02. The number of benzene rings is 1. The molecule has 3 amide bonds. The van der Waals surface area contributed by atoms with E-state index in [1.54, 1.807) is 6.92 Å². The van der Waals surface area contributed by atoms with Crippen LogP contribution in [0, 0.1) is 13.8 Å². The normalized spacial score (nSPS) is 21.6. The van der Waals surface area contributed by atoms with Gasteiger partial charge in [0.15, 0.2) is 0 Å². The molecule has 1 aromatic carbocycles. The summed E-state index contributed by atoms with van der Waals surface area (Å²) in [5, 5.41) is 2.73. The molecule has 1 saturated heterocycles. The number of urea groups is 1. The summed E-state index contributed by atoms with van der Waals surface area (Å²) < 4.78 is 5.75. The standard InChI is InChI=1S/C16H22N2O3/c1-5-16(4)14(19)18(15(20)17-16)9-10-21-13-11(2)7-6-8-12(13)3/h6-8H,5,9-10H2,1-4H3,(H,17,20)/t16-/m1/s1. The average molecular weight is 290 g/mol. The second-order valence-electron chi connectivity index (χ2n) is 5.64. The zero-order chi connectivity index (χ0) is 15.6. The van der Waals surface area contributed by atoms with Gasteiger partial charge in [-0.1, -0.05) is 25.1 Å². The minimum Gasteiger partial charge on any atom is -0.491 e. The second kappa shape index (κ2) is 5.76. The maximum absolute atomic E-state index is 12.2. The first kappa shape index (κ1) is 15.4. The molecule has 0 spiro atoms. The van der Waals surface area contributed by atoms with E-state index < -0.39 is 5.54 Å². The molecule has 1 fully saturated rings. The number of ether oxygens (including phenoxy) is 1. The monoisotopic (exact) mass is 290 g/mol. The van der Waals surface area contributed by atoms with Crippen molar-refractivity contribution in [2.45, 2.75) is 39.7 Å². The predicted octanol–water partition coefficient (Wildman–Crippen LogP) is 2.40. The summed E-state index contributed by atoms with van der Waals surface area (Å²) in [6.07, 6.45) is 0.575. The molecule has 0 bridgehead atoms. The number of carbonyl (C=O) groups is 2. The summed E-state index contributed by atoms with van der Waals surface area (Å²) >= 11 is 0. The van der Waals surface area contributed by atoms with Crippen molar-refractivity contribution in [3.05, 3.63) is 29.3 Å². The molecule has 1 N–H and O–H groups in total. The lowest BCUT2D eigenvalue weighted by molar-refractivity contribution is -0.131. The summed E-state index contributed by atoms with van der Waals surface area (Å²) in [7, 11) is 0. The Balaban J connectivity index is 1.98. The van der Waals surface area contributed by atoms with Gasteiger partial charge in [-0.05, 0) is 38.3 Å². The van der Waals surface area contributed by atoms with E-state index in [4.69, 9.17) is 4.74 Å². The molecule has 1 aliphatic heterocycles. The van der Waals surface area contributed by atoms with Gasteiger partial charge in [-0.15, -0.1) is 0 Å². The number of aryl methyl sites for hydroxylation is 2. The fourth-order valence-corrected chi connectivity index (χ4v) is 2.46. The summed E-state index contributed by atoms with van der Waals surface area (Å²) in [5.74, 6) is 0.642. The Kier molecular flexibility index (Phi) is 4.21. The summed E-state index contributed by atoms with van der Waals surface area (Å²) in [6, 6.07) is 5.59. The number of carbonyl (C=O) groups excluding carboxylic acids is 2. The number of nitrogens with zero attached hydrogens (tertiary/aromatic N) is 1. The van der Waals surface area contributed by atoms with Gasteiger partial charge in [-0.3, -0.25) is 9.69 Å². The summed E-state index contributed by atoms with van der Waals surface area (Å²) in [4.78, 5) is 25.3. The van der Waals surface area contributed by atoms with E-state index in [-0.39, 0.29) is 18.5 Å². The highest BCUT2D eigenvalue weighted by Crippen LogP contribution is 2.23. The third-order valence-corrected chi connectivity index (χ3v) is 4.02. The van der Waals surface area contributed by atoms with Crippen LogP contribution in [0.25, 0.3) is 0 Å². The van der Waals surface area contributed by atoms with Gasteiger partial charge in [-0.25, -0.2) is 4.79 Å². The number of rotatable bonds is 5. The van der Waals surface area contributed by atoms with E-state index in [2.05, 4.69) is 5.32 Å². The van der Waals surface area contributed by atoms with Crippen molar-refractivity contribution < 1.29 is 14.3 Å².